The van der Waals surface area contributed by atoms with Gasteiger partial charge in [-0.05, 0) is 54.3 Å². The van der Waals surface area contributed by atoms with Gasteiger partial charge < -0.3 is 19.7 Å². The van der Waals surface area contributed by atoms with E-state index in [0.717, 1.165) is 0 Å². The molecule has 9 heteroatoms. The average molecular weight is 479 g/mol. The highest BCUT2D eigenvalue weighted by Gasteiger charge is 2.25. The van der Waals surface area contributed by atoms with Crippen molar-refractivity contribution in [1.82, 2.24) is 10.2 Å². The number of ether oxygens (including phenoxy) is 2. The van der Waals surface area contributed by atoms with Gasteiger partial charge in [0, 0.05) is 24.2 Å². The van der Waals surface area contributed by atoms with Crippen molar-refractivity contribution < 1.29 is 28.2 Å². The number of benzene rings is 2. The zero-order valence-corrected chi connectivity index (χ0v) is 19.8. The molecule has 0 saturated heterocycles. The molecule has 178 valence electrons. The summed E-state index contributed by atoms with van der Waals surface area (Å²) in [5, 5.41) is 3.15. The van der Waals surface area contributed by atoms with Crippen LogP contribution >= 0.6 is 11.6 Å². The quantitative estimate of drug-likeness (QED) is 0.524. The molecule has 0 fully saturated rings. The Morgan fingerprint density at radius 3 is 2.36 bits per heavy atom. The van der Waals surface area contributed by atoms with Gasteiger partial charge in [0.2, 0.25) is 0 Å². The van der Waals surface area contributed by atoms with Crippen LogP contribution in [0, 0.1) is 11.7 Å². The van der Waals surface area contributed by atoms with Crippen LogP contribution in [0.5, 0.6) is 5.75 Å². The predicted molar refractivity (Wildman–Crippen MR) is 123 cm³/mol. The van der Waals surface area contributed by atoms with E-state index < -0.39 is 36.2 Å². The summed E-state index contributed by atoms with van der Waals surface area (Å²) < 4.78 is 23.9. The van der Waals surface area contributed by atoms with Crippen molar-refractivity contribution >= 4 is 29.4 Å². The van der Waals surface area contributed by atoms with Gasteiger partial charge in [0.25, 0.3) is 11.8 Å². The van der Waals surface area contributed by atoms with Crippen molar-refractivity contribution in [3.63, 3.8) is 0 Å². The summed E-state index contributed by atoms with van der Waals surface area (Å²) in [6.07, 6.45) is 0.341. The fraction of sp³-hybridized carbons (Fsp3) is 0.375. The molecule has 0 aliphatic carbocycles. The number of halogens is 2. The van der Waals surface area contributed by atoms with Gasteiger partial charge in [-0.25, -0.2) is 9.18 Å². The van der Waals surface area contributed by atoms with E-state index in [0.29, 0.717) is 22.6 Å². The third-order valence-corrected chi connectivity index (χ3v) is 5.05. The minimum absolute atomic E-state index is 0.0939. The van der Waals surface area contributed by atoms with Gasteiger partial charge in [-0.2, -0.15) is 0 Å². The van der Waals surface area contributed by atoms with Crippen LogP contribution in [0.2, 0.25) is 5.02 Å². The van der Waals surface area contributed by atoms with Crippen LogP contribution in [-0.4, -0.2) is 49.5 Å². The highest BCUT2D eigenvalue weighted by molar-refractivity contribution is 6.30. The number of nitrogens with zero attached hydrogens (tertiary/aromatic N) is 1. The molecule has 0 heterocycles. The first-order chi connectivity index (χ1) is 15.6. The summed E-state index contributed by atoms with van der Waals surface area (Å²) in [4.78, 5) is 38.8. The zero-order valence-electron chi connectivity index (χ0n) is 19.1. The largest absolute Gasteiger partial charge is 0.494 e. The number of esters is 1. The van der Waals surface area contributed by atoms with Gasteiger partial charge in [-0.1, -0.05) is 31.5 Å². The summed E-state index contributed by atoms with van der Waals surface area (Å²) in [5.41, 5.74) is 0.909. The fourth-order valence-electron chi connectivity index (χ4n) is 3.04. The van der Waals surface area contributed by atoms with E-state index in [2.05, 4.69) is 5.32 Å². The first kappa shape index (κ1) is 26.1. The van der Waals surface area contributed by atoms with E-state index in [1.54, 1.807) is 30.3 Å². The van der Waals surface area contributed by atoms with E-state index in [1.807, 2.05) is 13.8 Å². The lowest BCUT2D eigenvalue weighted by atomic mass is 10.0. The van der Waals surface area contributed by atoms with E-state index in [4.69, 9.17) is 21.1 Å². The van der Waals surface area contributed by atoms with Crippen LogP contribution in [0.3, 0.4) is 0 Å². The number of methoxy groups -OCH3 is 1. The Labute approximate surface area is 197 Å². The first-order valence-corrected chi connectivity index (χ1v) is 10.8. The van der Waals surface area contributed by atoms with Crippen LogP contribution in [0.15, 0.2) is 42.5 Å². The summed E-state index contributed by atoms with van der Waals surface area (Å²) in [7, 11) is 2.89. The molecule has 1 atom stereocenters. The van der Waals surface area contributed by atoms with Crippen molar-refractivity contribution in [3.05, 3.63) is 64.4 Å². The van der Waals surface area contributed by atoms with Crippen molar-refractivity contribution in [1.29, 1.82) is 0 Å². The highest BCUT2D eigenvalue weighted by atomic mass is 35.5. The Morgan fingerprint density at radius 1 is 1.12 bits per heavy atom. The Morgan fingerprint density at radius 2 is 1.79 bits per heavy atom. The number of hydrogen-bond acceptors (Lipinski definition) is 5. The SMILES string of the molecule is COc1ccc(CN(C)C(=O)COC(=O)C(CC(C)C)NC(=O)c2ccc(Cl)cc2)cc1F. The molecule has 2 aromatic carbocycles. The maximum absolute atomic E-state index is 13.9. The molecule has 7 nitrogen and oxygen atoms in total. The molecule has 0 radical (unpaired) electrons. The fourth-order valence-corrected chi connectivity index (χ4v) is 3.17. The second-order valence-electron chi connectivity index (χ2n) is 7.99. The monoisotopic (exact) mass is 478 g/mol. The first-order valence-electron chi connectivity index (χ1n) is 10.4. The minimum atomic E-state index is -0.915. The standard InChI is InChI=1S/C24H28ClFN2O5/c1-15(2)11-20(27-23(30)17-6-8-18(25)9-7-17)24(31)33-14-22(29)28(3)13-16-5-10-21(32-4)19(26)12-16/h5-10,12,15,20H,11,13-14H2,1-4H3,(H,27,30). The Kier molecular flexibility index (Phi) is 9.66. The molecule has 1 unspecified atom stereocenters. The second-order valence-corrected chi connectivity index (χ2v) is 8.43. The van der Waals surface area contributed by atoms with Crippen LogP contribution < -0.4 is 10.1 Å². The van der Waals surface area contributed by atoms with E-state index in [9.17, 15) is 18.8 Å². The molecule has 0 saturated carbocycles. The topological polar surface area (TPSA) is 84.9 Å². The third-order valence-electron chi connectivity index (χ3n) is 4.80. The average Bonchev–Trinajstić information content (AvgIpc) is 2.76. The van der Waals surface area contributed by atoms with Gasteiger partial charge in [-0.3, -0.25) is 9.59 Å². The molecule has 0 aromatic heterocycles. The second kappa shape index (κ2) is 12.2. The number of carbonyl (C=O) groups is 3. The number of amides is 2. The number of hydrogen-bond donors (Lipinski definition) is 1. The highest BCUT2D eigenvalue weighted by Crippen LogP contribution is 2.18. The summed E-state index contributed by atoms with van der Waals surface area (Å²) in [6, 6.07) is 9.74. The number of rotatable bonds is 10. The van der Waals surface area contributed by atoms with Crippen LogP contribution in [0.4, 0.5) is 4.39 Å². The van der Waals surface area contributed by atoms with E-state index >= 15 is 0 Å². The molecule has 0 spiro atoms. The zero-order chi connectivity index (χ0) is 24.5. The normalized spacial score (nSPS) is 11.6. The van der Waals surface area contributed by atoms with Crippen LogP contribution in [0.1, 0.15) is 36.2 Å². The van der Waals surface area contributed by atoms with E-state index in [-0.39, 0.29) is 18.2 Å². The van der Waals surface area contributed by atoms with Gasteiger partial charge >= 0.3 is 5.97 Å². The Bertz CT molecular complexity index is 981. The van der Waals surface area contributed by atoms with Crippen molar-refractivity contribution in [2.75, 3.05) is 20.8 Å². The molecule has 2 aromatic rings. The molecule has 0 aliphatic heterocycles. The van der Waals surface area contributed by atoms with Gasteiger partial charge in [0.15, 0.2) is 18.2 Å². The smallest absolute Gasteiger partial charge is 0.329 e. The minimum Gasteiger partial charge on any atom is -0.494 e. The molecular weight excluding hydrogens is 451 g/mol. The van der Waals surface area contributed by atoms with Crippen molar-refractivity contribution in [2.45, 2.75) is 32.9 Å². The van der Waals surface area contributed by atoms with Gasteiger partial charge in [-0.15, -0.1) is 0 Å². The van der Waals surface area contributed by atoms with Crippen molar-refractivity contribution in [3.8, 4) is 5.75 Å². The molecule has 2 rings (SSSR count). The van der Waals surface area contributed by atoms with Gasteiger partial charge in [0.1, 0.15) is 6.04 Å². The van der Waals surface area contributed by atoms with Gasteiger partial charge in [0.05, 0.1) is 7.11 Å². The lowest BCUT2D eigenvalue weighted by molar-refractivity contribution is -0.153. The molecule has 0 aliphatic rings. The molecular formula is C24H28ClFN2O5. The Hall–Kier alpha value is -3.13. The molecule has 33 heavy (non-hydrogen) atoms. The van der Waals surface area contributed by atoms with E-state index in [1.165, 1.54) is 31.2 Å². The van der Waals surface area contributed by atoms with Crippen LogP contribution in [0.25, 0.3) is 0 Å². The maximum atomic E-state index is 13.9. The molecule has 1 N–H and O–H groups in total. The molecule has 2 amide bonds. The predicted octanol–water partition coefficient (Wildman–Crippen LogP) is 3.83. The van der Waals surface area contributed by atoms with Crippen molar-refractivity contribution in [2.24, 2.45) is 5.92 Å². The molecule has 0 bridgehead atoms. The third kappa shape index (κ3) is 8.05. The summed E-state index contributed by atoms with van der Waals surface area (Å²) >= 11 is 5.84. The van der Waals surface area contributed by atoms with Crippen LogP contribution in [-0.2, 0) is 20.9 Å². The lowest BCUT2D eigenvalue weighted by Gasteiger charge is -2.21. The summed E-state index contributed by atoms with van der Waals surface area (Å²) in [6.45, 7) is 3.43. The lowest BCUT2D eigenvalue weighted by Crippen LogP contribution is -2.43. The Balaban J connectivity index is 1.94. The maximum Gasteiger partial charge on any atom is 0.329 e. The number of carbonyl (C=O) groups excluding carboxylic acids is 3. The number of nitrogens with one attached hydrogen (secondary N) is 1. The summed E-state index contributed by atoms with van der Waals surface area (Å²) in [5.74, 6) is -1.94. The number of likely N-dealkylation sites (N-methyl/N-ethyl adjacent to an activating group) is 1.